The normalized spacial score (nSPS) is 10.4. The predicted molar refractivity (Wildman–Crippen MR) is 77.2 cm³/mol. The van der Waals surface area contributed by atoms with Crippen molar-refractivity contribution in [2.45, 2.75) is 6.54 Å². The van der Waals surface area contributed by atoms with Gasteiger partial charge in [-0.3, -0.25) is 4.79 Å². The third-order valence-electron chi connectivity index (χ3n) is 2.72. The average Bonchev–Trinajstić information content (AvgIpc) is 2.47. The van der Waals surface area contributed by atoms with Crippen molar-refractivity contribution in [2.75, 3.05) is 14.2 Å². The highest BCUT2D eigenvalue weighted by Crippen LogP contribution is 2.27. The first-order chi connectivity index (χ1) is 9.56. The number of nitrogens with zero attached hydrogens (tertiary/aromatic N) is 2. The van der Waals surface area contributed by atoms with Gasteiger partial charge in [0.05, 0.1) is 32.0 Å². The number of methoxy groups -OCH3 is 2. The Morgan fingerprint density at radius 1 is 1.20 bits per heavy atom. The number of halogens is 2. The highest BCUT2D eigenvalue weighted by atomic mass is 35.5. The van der Waals surface area contributed by atoms with Gasteiger partial charge in [-0.05, 0) is 17.7 Å². The molecule has 1 aromatic heterocycles. The second-order valence-electron chi connectivity index (χ2n) is 3.96. The van der Waals surface area contributed by atoms with Crippen LogP contribution < -0.4 is 15.0 Å². The summed E-state index contributed by atoms with van der Waals surface area (Å²) in [5, 5.41) is 4.05. The van der Waals surface area contributed by atoms with Crippen molar-refractivity contribution in [2.24, 2.45) is 0 Å². The van der Waals surface area contributed by atoms with Gasteiger partial charge in [-0.1, -0.05) is 29.3 Å². The summed E-state index contributed by atoms with van der Waals surface area (Å²) in [6.45, 7) is 0.260. The summed E-state index contributed by atoms with van der Waals surface area (Å²) in [6.07, 6.45) is 1.34. The molecule has 5 nitrogen and oxygen atoms in total. The molecule has 0 N–H and O–H groups in total. The maximum atomic E-state index is 11.9. The molecular weight excluding hydrogens is 303 g/mol. The minimum atomic E-state index is -0.436. The molecule has 0 amide bonds. The van der Waals surface area contributed by atoms with Crippen LogP contribution in [0.5, 0.6) is 11.5 Å². The Morgan fingerprint density at radius 3 is 2.55 bits per heavy atom. The van der Waals surface area contributed by atoms with Crippen molar-refractivity contribution in [1.82, 2.24) is 9.78 Å². The summed E-state index contributed by atoms with van der Waals surface area (Å²) in [5.41, 5.74) is 0.393. The summed E-state index contributed by atoms with van der Waals surface area (Å²) in [7, 11) is 3.10. The lowest BCUT2D eigenvalue weighted by atomic mass is 10.2. The van der Waals surface area contributed by atoms with Gasteiger partial charge in [-0.25, -0.2) is 4.68 Å². The van der Waals surface area contributed by atoms with E-state index in [-0.39, 0.29) is 16.6 Å². The minimum Gasteiger partial charge on any atom is -0.493 e. The maximum Gasteiger partial charge on any atom is 0.287 e. The quantitative estimate of drug-likeness (QED) is 0.870. The number of hydrogen-bond acceptors (Lipinski definition) is 4. The Hall–Kier alpha value is -1.72. The Labute approximate surface area is 125 Å². The van der Waals surface area contributed by atoms with E-state index >= 15 is 0 Å². The van der Waals surface area contributed by atoms with Gasteiger partial charge in [0.1, 0.15) is 5.02 Å². The van der Waals surface area contributed by atoms with Crippen molar-refractivity contribution >= 4 is 23.2 Å². The first kappa shape index (κ1) is 14.7. The summed E-state index contributed by atoms with van der Waals surface area (Å²) in [4.78, 5) is 11.9. The van der Waals surface area contributed by atoms with Crippen molar-refractivity contribution < 1.29 is 9.47 Å². The summed E-state index contributed by atoms with van der Waals surface area (Å²) in [5.74, 6) is 1.20. The van der Waals surface area contributed by atoms with E-state index in [1.54, 1.807) is 26.4 Å². The Balaban J connectivity index is 2.36. The molecule has 1 heterocycles. The fourth-order valence-corrected chi connectivity index (χ4v) is 1.98. The molecule has 0 atom stereocenters. The van der Waals surface area contributed by atoms with E-state index in [0.717, 1.165) is 5.56 Å². The molecule has 0 aliphatic rings. The van der Waals surface area contributed by atoms with Gasteiger partial charge >= 0.3 is 0 Å². The van der Waals surface area contributed by atoms with Crippen LogP contribution in [0.25, 0.3) is 0 Å². The van der Waals surface area contributed by atoms with E-state index in [4.69, 9.17) is 32.7 Å². The summed E-state index contributed by atoms with van der Waals surface area (Å²) in [6, 6.07) is 5.35. The van der Waals surface area contributed by atoms with Crippen molar-refractivity contribution in [3.05, 3.63) is 50.4 Å². The third kappa shape index (κ3) is 2.89. The minimum absolute atomic E-state index is 0.0397. The lowest BCUT2D eigenvalue weighted by Gasteiger charge is -2.10. The second-order valence-corrected chi connectivity index (χ2v) is 4.74. The molecule has 0 unspecified atom stereocenters. The van der Waals surface area contributed by atoms with E-state index in [1.807, 2.05) is 6.07 Å². The zero-order valence-electron chi connectivity index (χ0n) is 10.9. The largest absolute Gasteiger partial charge is 0.493 e. The lowest BCUT2D eigenvalue weighted by Crippen LogP contribution is -2.23. The zero-order chi connectivity index (χ0) is 14.7. The van der Waals surface area contributed by atoms with Crippen LogP contribution in [0, 0.1) is 0 Å². The van der Waals surface area contributed by atoms with E-state index in [0.29, 0.717) is 11.5 Å². The molecule has 2 rings (SSSR count). The van der Waals surface area contributed by atoms with E-state index in [1.165, 1.54) is 10.9 Å². The first-order valence-electron chi connectivity index (χ1n) is 5.69. The molecule has 20 heavy (non-hydrogen) atoms. The number of ether oxygens (including phenoxy) is 2. The van der Waals surface area contributed by atoms with Crippen LogP contribution >= 0.6 is 23.2 Å². The van der Waals surface area contributed by atoms with Gasteiger partial charge in [0, 0.05) is 0 Å². The molecule has 0 bridgehead atoms. The number of aromatic nitrogens is 2. The molecule has 2 aromatic rings. The summed E-state index contributed by atoms with van der Waals surface area (Å²) < 4.78 is 11.6. The van der Waals surface area contributed by atoms with Gasteiger partial charge in [0.25, 0.3) is 5.56 Å². The van der Waals surface area contributed by atoms with Crippen LogP contribution in [0.1, 0.15) is 5.56 Å². The van der Waals surface area contributed by atoms with Crippen LogP contribution in [0.2, 0.25) is 10.0 Å². The fourth-order valence-electron chi connectivity index (χ4n) is 1.71. The number of benzene rings is 1. The second kappa shape index (κ2) is 6.15. The highest BCUT2D eigenvalue weighted by Gasteiger charge is 2.09. The molecular formula is C13H12Cl2N2O3. The molecule has 0 radical (unpaired) electrons. The Bertz CT molecular complexity index is 686. The smallest absolute Gasteiger partial charge is 0.287 e. The summed E-state index contributed by atoms with van der Waals surface area (Å²) >= 11 is 11.5. The van der Waals surface area contributed by atoms with E-state index < -0.39 is 5.56 Å². The van der Waals surface area contributed by atoms with E-state index in [2.05, 4.69) is 5.10 Å². The lowest BCUT2D eigenvalue weighted by molar-refractivity contribution is 0.354. The predicted octanol–water partition coefficient (Wildman–Crippen LogP) is 2.62. The molecule has 106 valence electrons. The molecule has 0 saturated carbocycles. The highest BCUT2D eigenvalue weighted by molar-refractivity contribution is 6.41. The molecule has 0 aliphatic heterocycles. The van der Waals surface area contributed by atoms with Crippen LogP contribution in [-0.4, -0.2) is 24.0 Å². The van der Waals surface area contributed by atoms with Crippen molar-refractivity contribution in [1.29, 1.82) is 0 Å². The SMILES string of the molecule is COc1ccc(Cn2ncc(Cl)c(Cl)c2=O)cc1OC. The van der Waals surface area contributed by atoms with Gasteiger partial charge in [-0.2, -0.15) is 5.10 Å². The molecule has 7 heteroatoms. The first-order valence-corrected chi connectivity index (χ1v) is 6.44. The molecule has 0 aliphatic carbocycles. The number of hydrogen-bond donors (Lipinski definition) is 0. The van der Waals surface area contributed by atoms with Gasteiger partial charge in [-0.15, -0.1) is 0 Å². The molecule has 0 spiro atoms. The molecule has 1 aromatic carbocycles. The van der Waals surface area contributed by atoms with Gasteiger partial charge in [0.15, 0.2) is 11.5 Å². The monoisotopic (exact) mass is 314 g/mol. The average molecular weight is 315 g/mol. The third-order valence-corrected chi connectivity index (χ3v) is 3.47. The van der Waals surface area contributed by atoms with Crippen molar-refractivity contribution in [3.8, 4) is 11.5 Å². The molecule has 0 fully saturated rings. The topological polar surface area (TPSA) is 53.4 Å². The molecule has 0 saturated heterocycles. The van der Waals surface area contributed by atoms with Crippen LogP contribution in [0.4, 0.5) is 0 Å². The van der Waals surface area contributed by atoms with Crippen LogP contribution in [0.3, 0.4) is 0 Å². The van der Waals surface area contributed by atoms with Gasteiger partial charge < -0.3 is 9.47 Å². The standard InChI is InChI=1S/C13H12Cl2N2O3/c1-19-10-4-3-8(5-11(10)20-2)7-17-13(18)12(15)9(14)6-16-17/h3-6H,7H2,1-2H3. The Kier molecular flexibility index (Phi) is 4.52. The number of rotatable bonds is 4. The fraction of sp³-hybridized carbons (Fsp3) is 0.231. The maximum absolute atomic E-state index is 11.9. The van der Waals surface area contributed by atoms with Gasteiger partial charge in [0.2, 0.25) is 0 Å². The van der Waals surface area contributed by atoms with Crippen LogP contribution in [0.15, 0.2) is 29.2 Å². The van der Waals surface area contributed by atoms with E-state index in [9.17, 15) is 4.79 Å². The zero-order valence-corrected chi connectivity index (χ0v) is 12.4. The Morgan fingerprint density at radius 2 is 1.90 bits per heavy atom. The van der Waals surface area contributed by atoms with Crippen LogP contribution in [-0.2, 0) is 6.54 Å². The van der Waals surface area contributed by atoms with Crippen molar-refractivity contribution in [3.63, 3.8) is 0 Å².